The molecule has 0 bridgehead atoms. The van der Waals surface area contributed by atoms with Gasteiger partial charge in [-0.25, -0.2) is 0 Å². The summed E-state index contributed by atoms with van der Waals surface area (Å²) in [4.78, 5) is 2.34. The standard InChI is InChI=1S/C47H40N2.C36H24N2/c1-47(2)40-22-12-11-21-38(40)46-44-33(16-13-23-41(44)47)30-43-45(46)39-28-31-14-9-10-15-32(31)29-42(39)49(43)37-26-24-36(25-27-37)48(34-17-5-3-6-18-34)35-19-7-4-8-20-35;1-36(2)29-12-6-5-11-27(29)35-33-25(10-7-13-30(33)36)20-32-34(35)28-18-23-8-3-4-9-24(23)19-31(28)38(32)26-16-14-22(21-37)15-17-26/h3-10,13-20,23-30,38,40H,11-12,21-22H2,1-2H3;3-20H,1-2H3. The molecule has 87 heavy (non-hydrogen) atoms. The average molecular weight is 1120 g/mol. The fraction of sp³-hybridized carbons (Fsp3) is 0.145. The Kier molecular flexibility index (Phi) is 11.4. The second kappa shape index (κ2) is 19.4. The highest BCUT2D eigenvalue weighted by Gasteiger charge is 2.45. The Morgan fingerprint density at radius 2 is 0.862 bits per heavy atom. The summed E-state index contributed by atoms with van der Waals surface area (Å²) in [5, 5.41) is 25.4. The maximum Gasteiger partial charge on any atom is 0.0991 e. The monoisotopic (exact) mass is 1120 g/mol. The van der Waals surface area contributed by atoms with Crippen LogP contribution in [0.5, 0.6) is 0 Å². The van der Waals surface area contributed by atoms with Crippen molar-refractivity contribution in [2.24, 2.45) is 5.92 Å². The number of nitriles is 1. The third kappa shape index (κ3) is 7.68. The van der Waals surface area contributed by atoms with Gasteiger partial charge in [0.15, 0.2) is 0 Å². The summed E-state index contributed by atoms with van der Waals surface area (Å²) in [5.41, 5.74) is 20.0. The quantitative estimate of drug-likeness (QED) is 0.172. The minimum atomic E-state index is -0.0883. The van der Waals surface area contributed by atoms with Crippen LogP contribution >= 0.6 is 0 Å². The Morgan fingerprint density at radius 1 is 0.402 bits per heavy atom. The normalized spacial score (nSPS) is 16.3. The van der Waals surface area contributed by atoms with Crippen LogP contribution in [-0.4, -0.2) is 9.13 Å². The molecule has 0 radical (unpaired) electrons. The molecule has 3 aliphatic carbocycles. The molecule has 416 valence electrons. The van der Waals surface area contributed by atoms with E-state index in [9.17, 15) is 5.26 Å². The van der Waals surface area contributed by atoms with E-state index in [-0.39, 0.29) is 10.8 Å². The Hall–Kier alpha value is -10.2. The van der Waals surface area contributed by atoms with Crippen LogP contribution in [-0.2, 0) is 10.8 Å². The first-order chi connectivity index (χ1) is 42.6. The molecule has 15 aromatic rings. The van der Waals surface area contributed by atoms with Crippen LogP contribution < -0.4 is 4.90 Å². The molecule has 2 atom stereocenters. The van der Waals surface area contributed by atoms with Crippen LogP contribution in [0.3, 0.4) is 0 Å². The van der Waals surface area contributed by atoms with Gasteiger partial charge in [-0.15, -0.1) is 0 Å². The van der Waals surface area contributed by atoms with Gasteiger partial charge in [0.25, 0.3) is 0 Å². The van der Waals surface area contributed by atoms with E-state index >= 15 is 0 Å². The van der Waals surface area contributed by atoms with Gasteiger partial charge >= 0.3 is 0 Å². The number of fused-ring (bicyclic) bond motifs is 14. The molecule has 0 N–H and O–H groups in total. The van der Waals surface area contributed by atoms with Crippen LogP contribution in [0.2, 0.25) is 0 Å². The summed E-state index contributed by atoms with van der Waals surface area (Å²) in [6.45, 7) is 9.73. The molecule has 2 heterocycles. The molecule has 1 saturated carbocycles. The van der Waals surface area contributed by atoms with Gasteiger partial charge < -0.3 is 14.0 Å². The lowest BCUT2D eigenvalue weighted by molar-refractivity contribution is 0.197. The van der Waals surface area contributed by atoms with Crippen molar-refractivity contribution in [3.05, 3.63) is 283 Å². The molecule has 18 rings (SSSR count). The third-order valence-electron chi connectivity index (χ3n) is 20.5. The topological polar surface area (TPSA) is 36.9 Å². The summed E-state index contributed by atoms with van der Waals surface area (Å²) in [7, 11) is 0. The highest BCUT2D eigenvalue weighted by molar-refractivity contribution is 6.26. The van der Waals surface area contributed by atoms with Gasteiger partial charge in [-0.3, -0.25) is 0 Å². The highest BCUT2D eigenvalue weighted by atomic mass is 15.1. The number of hydrogen-bond acceptors (Lipinski definition) is 2. The van der Waals surface area contributed by atoms with Crippen molar-refractivity contribution in [3.8, 4) is 28.6 Å². The van der Waals surface area contributed by atoms with Crippen molar-refractivity contribution in [2.75, 3.05) is 4.90 Å². The molecular weight excluding hydrogens is 1050 g/mol. The summed E-state index contributed by atoms with van der Waals surface area (Å²) in [5.74, 6) is 1.23. The van der Waals surface area contributed by atoms with Crippen molar-refractivity contribution in [3.63, 3.8) is 0 Å². The predicted molar refractivity (Wildman–Crippen MR) is 366 cm³/mol. The first-order valence-corrected chi connectivity index (χ1v) is 31.1. The van der Waals surface area contributed by atoms with E-state index in [1.54, 1.807) is 5.56 Å². The largest absolute Gasteiger partial charge is 0.311 e. The fourth-order valence-electron chi connectivity index (χ4n) is 16.5. The lowest BCUT2D eigenvalue weighted by Gasteiger charge is -2.48. The third-order valence-corrected chi connectivity index (χ3v) is 20.5. The SMILES string of the molecule is CC1(C)c2cccc3cc4c(c(c23)C2CCCCC21)c1cc2ccccc2cc1n4-c1ccc(N(c2ccccc2)c2ccccc2)cc1.CC1(C)c2ccccc2-c2c3c1cccc3cc1c2c2cc3ccccc3cc2n1-c1ccc(C#N)cc1. The molecular formula is C83H64N4. The lowest BCUT2D eigenvalue weighted by atomic mass is 9.56. The molecule has 4 nitrogen and oxygen atoms in total. The van der Waals surface area contributed by atoms with E-state index in [0.29, 0.717) is 17.4 Å². The van der Waals surface area contributed by atoms with Crippen molar-refractivity contribution in [2.45, 2.75) is 70.1 Å². The number of nitrogens with zero attached hydrogens (tertiary/aromatic N) is 4. The van der Waals surface area contributed by atoms with E-state index in [2.05, 4.69) is 290 Å². The second-order valence-electron chi connectivity index (χ2n) is 25.8. The maximum atomic E-state index is 9.42. The Bertz CT molecular complexity index is 5310. The van der Waals surface area contributed by atoms with Crippen molar-refractivity contribution in [1.29, 1.82) is 5.26 Å². The van der Waals surface area contributed by atoms with E-state index in [1.165, 1.54) is 146 Å². The number of anilines is 3. The van der Waals surface area contributed by atoms with Crippen LogP contribution in [0.15, 0.2) is 255 Å². The van der Waals surface area contributed by atoms with Gasteiger partial charge in [0, 0.05) is 61.0 Å². The van der Waals surface area contributed by atoms with E-state index in [1.807, 2.05) is 12.1 Å². The number of rotatable bonds is 5. The molecule has 3 aliphatic rings. The van der Waals surface area contributed by atoms with Gasteiger partial charge in [0.05, 0.1) is 33.7 Å². The molecule has 0 saturated heterocycles. The number of benzene rings is 13. The van der Waals surface area contributed by atoms with Crippen LogP contribution in [0, 0.1) is 17.2 Å². The van der Waals surface area contributed by atoms with Crippen LogP contribution in [0.25, 0.3) is 109 Å². The minimum Gasteiger partial charge on any atom is -0.311 e. The first-order valence-electron chi connectivity index (χ1n) is 31.1. The first kappa shape index (κ1) is 51.2. The van der Waals surface area contributed by atoms with Gasteiger partial charge in [0.1, 0.15) is 0 Å². The molecule has 0 amide bonds. The minimum absolute atomic E-state index is 0.0883. The van der Waals surface area contributed by atoms with Gasteiger partial charge in [-0.1, -0.05) is 186 Å². The molecule has 13 aromatic carbocycles. The fourth-order valence-corrected chi connectivity index (χ4v) is 16.5. The summed E-state index contributed by atoms with van der Waals surface area (Å²) < 4.78 is 4.93. The molecule has 0 spiro atoms. The Morgan fingerprint density at radius 3 is 1.47 bits per heavy atom. The van der Waals surface area contributed by atoms with Crippen molar-refractivity contribution < 1.29 is 0 Å². The molecule has 2 aromatic heterocycles. The number of aromatic nitrogens is 2. The lowest BCUT2D eigenvalue weighted by Crippen LogP contribution is -2.38. The maximum absolute atomic E-state index is 9.42. The second-order valence-corrected chi connectivity index (χ2v) is 25.8. The van der Waals surface area contributed by atoms with E-state index < -0.39 is 0 Å². The smallest absolute Gasteiger partial charge is 0.0991 e. The van der Waals surface area contributed by atoms with Crippen LogP contribution in [0.4, 0.5) is 17.1 Å². The Labute approximate surface area is 507 Å². The molecule has 2 unspecified atom stereocenters. The summed E-state index contributed by atoms with van der Waals surface area (Å²) in [6, 6.07) is 95.5. The summed E-state index contributed by atoms with van der Waals surface area (Å²) >= 11 is 0. The van der Waals surface area contributed by atoms with Gasteiger partial charge in [0.2, 0.25) is 0 Å². The van der Waals surface area contributed by atoms with Crippen molar-refractivity contribution >= 4 is 104 Å². The zero-order valence-electron chi connectivity index (χ0n) is 49.5. The Balaban J connectivity index is 0.000000140. The molecule has 4 heteroatoms. The van der Waals surface area contributed by atoms with Gasteiger partial charge in [-0.2, -0.15) is 5.26 Å². The summed E-state index contributed by atoms with van der Waals surface area (Å²) in [6.07, 6.45) is 5.25. The highest BCUT2D eigenvalue weighted by Crippen LogP contribution is 2.59. The average Bonchev–Trinajstić information content (AvgIpc) is 1.66. The van der Waals surface area contributed by atoms with Crippen molar-refractivity contribution in [1.82, 2.24) is 9.13 Å². The zero-order chi connectivity index (χ0) is 58.3. The predicted octanol–water partition coefficient (Wildman–Crippen LogP) is 22.4. The number of hydrogen-bond donors (Lipinski definition) is 0. The van der Waals surface area contributed by atoms with E-state index in [4.69, 9.17) is 0 Å². The molecule has 1 fully saturated rings. The molecule has 0 aliphatic heterocycles. The van der Waals surface area contributed by atoms with E-state index in [0.717, 1.165) is 22.7 Å². The van der Waals surface area contributed by atoms with Gasteiger partial charge in [-0.05, 0) is 210 Å². The number of para-hydroxylation sites is 2. The van der Waals surface area contributed by atoms with Crippen LogP contribution in [0.1, 0.15) is 87.1 Å². The zero-order valence-corrected chi connectivity index (χ0v) is 49.5.